The number of nitrogens with zero attached hydrogens (tertiary/aromatic N) is 4. The lowest BCUT2D eigenvalue weighted by molar-refractivity contribution is -0.150. The normalized spacial score (nSPS) is 29.1. The summed E-state index contributed by atoms with van der Waals surface area (Å²) in [6.07, 6.45) is -0.682. The van der Waals surface area contributed by atoms with Crippen LogP contribution in [0.5, 0.6) is 0 Å². The number of aliphatic hydroxyl groups excluding tert-OH is 2. The van der Waals surface area contributed by atoms with Gasteiger partial charge in [0.25, 0.3) is 0 Å². The summed E-state index contributed by atoms with van der Waals surface area (Å²) in [7, 11) is 4.61. The minimum absolute atomic E-state index is 0.0000466. The molecule has 0 spiro atoms. The highest BCUT2D eigenvalue weighted by atomic mass is 16.3. The standard InChI is InChI=1S/C42H76N6O8/c1-24(2)17-29-35(49)22-37(51)45(11)33(20-27(7)8)41(55)47(13)32(19-26(5)6)40(54)44-30(18-25(3)4)36(50)23-38(52)46(12)34(21-28(9)10)42(56)48-16-14-15-31(48)39(53)43-29/h24-36,49-50H,14-23H2,1-13H3,(H,43,53)(H,44,54)/t29-,30+,31+,32+,33+,34+,35-,36+/m0/s1. The number of aliphatic hydroxyl groups is 2. The van der Waals surface area contributed by atoms with Gasteiger partial charge < -0.3 is 40.4 Å². The lowest BCUT2D eigenvalue weighted by atomic mass is 9.94. The Bertz CT molecular complexity index is 1340. The molecule has 0 aromatic rings. The summed E-state index contributed by atoms with van der Waals surface area (Å²) < 4.78 is 0. The number of fused-ring (bicyclic) bond motifs is 1. The summed E-state index contributed by atoms with van der Waals surface area (Å²) in [6.45, 7) is 19.8. The van der Waals surface area contributed by atoms with Crippen molar-refractivity contribution in [1.82, 2.24) is 30.2 Å². The van der Waals surface area contributed by atoms with Crippen molar-refractivity contribution < 1.29 is 39.0 Å². The monoisotopic (exact) mass is 793 g/mol. The van der Waals surface area contributed by atoms with Crippen LogP contribution >= 0.6 is 0 Å². The van der Waals surface area contributed by atoms with Gasteiger partial charge in [-0.3, -0.25) is 28.8 Å². The fraction of sp³-hybridized carbons (Fsp3) is 0.857. The van der Waals surface area contributed by atoms with Gasteiger partial charge in [0.1, 0.15) is 24.2 Å². The second-order valence-electron chi connectivity index (χ2n) is 18.6. The molecule has 2 fully saturated rings. The van der Waals surface area contributed by atoms with E-state index in [1.54, 1.807) is 7.05 Å². The van der Waals surface area contributed by atoms with E-state index >= 15 is 0 Å². The minimum Gasteiger partial charge on any atom is -0.390 e. The van der Waals surface area contributed by atoms with Crippen molar-refractivity contribution in [3.63, 3.8) is 0 Å². The van der Waals surface area contributed by atoms with Crippen molar-refractivity contribution in [1.29, 1.82) is 0 Å². The molecule has 0 aromatic carbocycles. The lowest BCUT2D eigenvalue weighted by Crippen LogP contribution is -2.59. The molecular weight excluding hydrogens is 716 g/mol. The Labute approximate surface area is 336 Å². The minimum atomic E-state index is -1.29. The molecule has 2 rings (SSSR count). The molecule has 4 N–H and O–H groups in total. The van der Waals surface area contributed by atoms with E-state index in [2.05, 4.69) is 10.6 Å². The Morgan fingerprint density at radius 3 is 1.32 bits per heavy atom. The third-order valence-corrected chi connectivity index (χ3v) is 11.1. The zero-order valence-corrected chi connectivity index (χ0v) is 36.7. The molecule has 0 aromatic heterocycles. The van der Waals surface area contributed by atoms with E-state index in [9.17, 15) is 39.0 Å². The second kappa shape index (κ2) is 22.0. The fourth-order valence-electron chi connectivity index (χ4n) is 7.99. The molecule has 0 bridgehead atoms. The Hall–Kier alpha value is -3.26. The fourth-order valence-corrected chi connectivity index (χ4v) is 7.99. The molecule has 0 unspecified atom stereocenters. The van der Waals surface area contributed by atoms with Gasteiger partial charge in [-0.2, -0.15) is 0 Å². The van der Waals surface area contributed by atoms with Crippen LogP contribution in [0.25, 0.3) is 0 Å². The maximum absolute atomic E-state index is 14.4. The first-order valence-corrected chi connectivity index (χ1v) is 21.0. The van der Waals surface area contributed by atoms with Crippen LogP contribution in [-0.4, -0.2) is 141 Å². The summed E-state index contributed by atoms with van der Waals surface area (Å²) in [4.78, 5) is 90.4. The third-order valence-electron chi connectivity index (χ3n) is 11.1. The van der Waals surface area contributed by atoms with Crippen molar-refractivity contribution in [2.24, 2.45) is 29.6 Å². The molecule has 56 heavy (non-hydrogen) atoms. The van der Waals surface area contributed by atoms with Crippen molar-refractivity contribution in [3.05, 3.63) is 0 Å². The largest absolute Gasteiger partial charge is 0.390 e. The highest BCUT2D eigenvalue weighted by Crippen LogP contribution is 2.26. The molecule has 0 aliphatic carbocycles. The summed E-state index contributed by atoms with van der Waals surface area (Å²) >= 11 is 0. The molecule has 2 heterocycles. The Morgan fingerprint density at radius 2 is 0.911 bits per heavy atom. The topological polar surface area (TPSA) is 180 Å². The molecule has 8 atom stereocenters. The first-order chi connectivity index (χ1) is 26.0. The highest BCUT2D eigenvalue weighted by Gasteiger charge is 2.42. The number of nitrogens with one attached hydrogen (secondary N) is 2. The van der Waals surface area contributed by atoms with Gasteiger partial charge in [-0.05, 0) is 74.5 Å². The maximum Gasteiger partial charge on any atom is 0.246 e. The van der Waals surface area contributed by atoms with Gasteiger partial charge in [0.15, 0.2) is 0 Å². The van der Waals surface area contributed by atoms with Crippen molar-refractivity contribution in [3.8, 4) is 0 Å². The molecule has 2 aliphatic rings. The van der Waals surface area contributed by atoms with Gasteiger partial charge >= 0.3 is 0 Å². The Kier molecular flexibility index (Phi) is 19.2. The smallest absolute Gasteiger partial charge is 0.246 e. The summed E-state index contributed by atoms with van der Waals surface area (Å²) in [5, 5.41) is 29.1. The van der Waals surface area contributed by atoms with Crippen LogP contribution in [0.3, 0.4) is 0 Å². The van der Waals surface area contributed by atoms with Crippen molar-refractivity contribution in [2.75, 3.05) is 27.7 Å². The zero-order chi connectivity index (χ0) is 42.8. The predicted octanol–water partition coefficient (Wildman–Crippen LogP) is 3.17. The zero-order valence-electron chi connectivity index (χ0n) is 36.7. The van der Waals surface area contributed by atoms with Gasteiger partial charge in [0.05, 0.1) is 37.1 Å². The predicted molar refractivity (Wildman–Crippen MR) is 217 cm³/mol. The Morgan fingerprint density at radius 1 is 0.536 bits per heavy atom. The van der Waals surface area contributed by atoms with Crippen LogP contribution in [0.4, 0.5) is 0 Å². The maximum atomic E-state index is 14.4. The van der Waals surface area contributed by atoms with Gasteiger partial charge in [0, 0.05) is 27.7 Å². The number of hydrogen-bond acceptors (Lipinski definition) is 8. The van der Waals surface area contributed by atoms with Gasteiger partial charge in [-0.1, -0.05) is 69.2 Å². The lowest BCUT2D eigenvalue weighted by Gasteiger charge is -2.38. The van der Waals surface area contributed by atoms with E-state index in [1.807, 2.05) is 69.2 Å². The molecule has 322 valence electrons. The molecule has 14 nitrogen and oxygen atoms in total. The molecule has 2 saturated heterocycles. The highest BCUT2D eigenvalue weighted by molar-refractivity contribution is 5.94. The molecule has 0 radical (unpaired) electrons. The van der Waals surface area contributed by atoms with Crippen LogP contribution in [-0.2, 0) is 28.8 Å². The van der Waals surface area contributed by atoms with Crippen LogP contribution in [0.15, 0.2) is 0 Å². The number of carbonyl (C=O) groups excluding carboxylic acids is 6. The molecule has 0 saturated carbocycles. The molecular formula is C42H76N6O8. The van der Waals surface area contributed by atoms with Crippen LogP contribution < -0.4 is 10.6 Å². The van der Waals surface area contributed by atoms with Gasteiger partial charge in [0.2, 0.25) is 35.4 Å². The number of amides is 6. The summed E-state index contributed by atoms with van der Waals surface area (Å²) in [6, 6.07) is -5.28. The van der Waals surface area contributed by atoms with E-state index in [0.717, 1.165) is 0 Å². The first-order valence-electron chi connectivity index (χ1n) is 21.0. The molecule has 14 heteroatoms. The Balaban J connectivity index is 2.73. The molecule has 6 amide bonds. The van der Waals surface area contributed by atoms with Crippen LogP contribution in [0.2, 0.25) is 0 Å². The van der Waals surface area contributed by atoms with E-state index in [-0.39, 0.29) is 48.3 Å². The summed E-state index contributed by atoms with van der Waals surface area (Å²) in [5.41, 5.74) is 0. The van der Waals surface area contributed by atoms with Gasteiger partial charge in [-0.15, -0.1) is 0 Å². The van der Waals surface area contributed by atoms with Crippen LogP contribution in [0, 0.1) is 29.6 Å². The van der Waals surface area contributed by atoms with E-state index < -0.39 is 78.0 Å². The average molecular weight is 793 g/mol. The third kappa shape index (κ3) is 14.0. The number of likely N-dealkylation sites (N-methyl/N-ethyl adjacent to an activating group) is 3. The number of rotatable bonds is 10. The van der Waals surface area contributed by atoms with E-state index in [0.29, 0.717) is 51.5 Å². The van der Waals surface area contributed by atoms with Crippen molar-refractivity contribution >= 4 is 35.4 Å². The van der Waals surface area contributed by atoms with Crippen molar-refractivity contribution in [2.45, 2.75) is 175 Å². The van der Waals surface area contributed by atoms with E-state index in [4.69, 9.17) is 0 Å². The number of carbonyl (C=O) groups is 6. The quantitative estimate of drug-likeness (QED) is 0.261. The average Bonchev–Trinajstić information content (AvgIpc) is 3.59. The summed E-state index contributed by atoms with van der Waals surface area (Å²) in [5.74, 6) is -2.58. The van der Waals surface area contributed by atoms with E-state index in [1.165, 1.54) is 33.7 Å². The molecule has 2 aliphatic heterocycles. The van der Waals surface area contributed by atoms with Gasteiger partial charge in [-0.25, -0.2) is 0 Å². The van der Waals surface area contributed by atoms with Crippen LogP contribution in [0.1, 0.15) is 127 Å². The number of hydrogen-bond donors (Lipinski definition) is 4. The second-order valence-corrected chi connectivity index (χ2v) is 18.6. The first kappa shape index (κ1) is 48.9. The SMILES string of the molecule is CC(C)C[C@@H]1NC(=O)[C@H]2CCCN2C(=O)[C@@H](CC(C)C)N(C)C(=O)C[C@@H](O)[C@@H](CC(C)C)NC(=O)[C@@H](CC(C)C)N(C)C(=O)[C@@H](CC(C)C)N(C)C(=O)C[C@@H]1O.